The molecular weight excluding hydrogens is 286 g/mol. The fraction of sp³-hybridized carbons (Fsp3) is 0.625. The Labute approximate surface area is 130 Å². The van der Waals surface area contributed by atoms with Gasteiger partial charge >= 0.3 is 0 Å². The number of ether oxygens (including phenoxy) is 1. The number of hydrogen-bond acceptors (Lipinski definition) is 4. The van der Waals surface area contributed by atoms with Crippen LogP contribution in [0.25, 0.3) is 0 Å². The van der Waals surface area contributed by atoms with Crippen LogP contribution >= 0.6 is 0 Å². The highest BCUT2D eigenvalue weighted by Crippen LogP contribution is 2.18. The lowest BCUT2D eigenvalue weighted by Crippen LogP contribution is -2.37. The van der Waals surface area contributed by atoms with Crippen LogP contribution in [-0.4, -0.2) is 46.6 Å². The van der Waals surface area contributed by atoms with Crippen LogP contribution in [0.2, 0.25) is 0 Å². The smallest absolute Gasteiger partial charge is 0.122 e. The van der Waals surface area contributed by atoms with Gasteiger partial charge in [-0.1, -0.05) is 17.7 Å². The van der Waals surface area contributed by atoms with E-state index in [4.69, 9.17) is 4.74 Å². The minimum Gasteiger partial charge on any atom is -0.491 e. The Morgan fingerprint density at radius 3 is 2.71 bits per heavy atom. The number of rotatable bonds is 9. The van der Waals surface area contributed by atoms with Gasteiger partial charge in [0, 0.05) is 35.4 Å². The maximum absolute atomic E-state index is 11.0. The summed E-state index contributed by atoms with van der Waals surface area (Å²) in [4.78, 5) is 0. The molecule has 0 bridgehead atoms. The monoisotopic (exact) mass is 313 g/mol. The summed E-state index contributed by atoms with van der Waals surface area (Å²) in [5.74, 6) is 1.50. The second kappa shape index (κ2) is 9.18. The third-order valence-corrected chi connectivity index (χ3v) is 4.11. The van der Waals surface area contributed by atoms with Crippen LogP contribution in [0.3, 0.4) is 0 Å². The van der Waals surface area contributed by atoms with Crippen molar-refractivity contribution in [2.75, 3.05) is 25.2 Å². The fourth-order valence-corrected chi connectivity index (χ4v) is 2.67. The highest BCUT2D eigenvalue weighted by Gasteiger charge is 2.09. The van der Waals surface area contributed by atoms with Crippen molar-refractivity contribution in [1.29, 1.82) is 0 Å². The van der Waals surface area contributed by atoms with Gasteiger partial charge in [-0.2, -0.15) is 0 Å². The third kappa shape index (κ3) is 7.60. The van der Waals surface area contributed by atoms with Gasteiger partial charge in [0.15, 0.2) is 0 Å². The third-order valence-electron chi connectivity index (χ3n) is 3.30. The Bertz CT molecular complexity index is 465. The number of aliphatic hydroxyl groups excluding tert-OH is 1. The number of hydrogen-bond donors (Lipinski definition) is 2. The van der Waals surface area contributed by atoms with E-state index in [0.717, 1.165) is 17.7 Å². The summed E-state index contributed by atoms with van der Waals surface area (Å²) in [6.45, 7) is 6.82. The maximum atomic E-state index is 11.0. The Kier molecular flexibility index (Phi) is 7.93. The fourth-order valence-electron chi connectivity index (χ4n) is 1.99. The van der Waals surface area contributed by atoms with Crippen molar-refractivity contribution in [1.82, 2.24) is 5.32 Å². The van der Waals surface area contributed by atoms with Crippen molar-refractivity contribution in [3.05, 3.63) is 29.3 Å². The van der Waals surface area contributed by atoms with Crippen molar-refractivity contribution >= 4 is 10.8 Å². The van der Waals surface area contributed by atoms with E-state index in [9.17, 15) is 9.32 Å². The summed E-state index contributed by atoms with van der Waals surface area (Å²) in [5.41, 5.74) is 2.28. The molecule has 0 aliphatic heterocycles. The molecule has 0 aliphatic carbocycles. The lowest BCUT2D eigenvalue weighted by Gasteiger charge is -2.18. The van der Waals surface area contributed by atoms with Gasteiger partial charge in [0.25, 0.3) is 0 Å². The molecule has 0 fully saturated rings. The lowest BCUT2D eigenvalue weighted by atomic mass is 10.1. The topological polar surface area (TPSA) is 58.6 Å². The van der Waals surface area contributed by atoms with Gasteiger partial charge < -0.3 is 15.2 Å². The normalized spacial score (nSPS) is 15.5. The lowest BCUT2D eigenvalue weighted by molar-refractivity contribution is 0.103. The second-order valence-electron chi connectivity index (χ2n) is 5.61. The summed E-state index contributed by atoms with van der Waals surface area (Å²) in [6.07, 6.45) is 1.99. The van der Waals surface area contributed by atoms with Gasteiger partial charge in [0.2, 0.25) is 0 Å². The molecule has 0 radical (unpaired) electrons. The van der Waals surface area contributed by atoms with Crippen LogP contribution in [0.5, 0.6) is 5.75 Å². The second-order valence-corrected chi connectivity index (χ2v) is 7.16. The molecule has 3 unspecified atom stereocenters. The summed E-state index contributed by atoms with van der Waals surface area (Å²) >= 11 is 0. The first-order valence-corrected chi connectivity index (χ1v) is 9.02. The number of benzene rings is 1. The van der Waals surface area contributed by atoms with E-state index in [-0.39, 0.29) is 12.6 Å². The summed E-state index contributed by atoms with van der Waals surface area (Å²) in [7, 11) is -0.761. The maximum Gasteiger partial charge on any atom is 0.122 e. The quantitative estimate of drug-likeness (QED) is 0.730. The zero-order valence-corrected chi connectivity index (χ0v) is 14.2. The molecular formula is C16H27NO3S. The first-order valence-electron chi connectivity index (χ1n) is 7.30. The van der Waals surface area contributed by atoms with E-state index in [0.29, 0.717) is 12.3 Å². The molecule has 0 aromatic heterocycles. The van der Waals surface area contributed by atoms with Crippen LogP contribution in [-0.2, 0) is 10.8 Å². The van der Waals surface area contributed by atoms with Crippen molar-refractivity contribution < 1.29 is 14.1 Å². The molecule has 4 nitrogen and oxygen atoms in total. The molecule has 0 heterocycles. The molecule has 0 saturated carbocycles. The highest BCUT2D eigenvalue weighted by atomic mass is 32.2. The van der Waals surface area contributed by atoms with Crippen LogP contribution in [0.4, 0.5) is 0 Å². The van der Waals surface area contributed by atoms with Crippen LogP contribution in [0, 0.1) is 13.8 Å². The Balaban J connectivity index is 2.27. The first-order chi connectivity index (χ1) is 9.88. The van der Waals surface area contributed by atoms with E-state index in [2.05, 4.69) is 11.4 Å². The number of nitrogens with one attached hydrogen (secondary N) is 1. The van der Waals surface area contributed by atoms with E-state index < -0.39 is 16.9 Å². The van der Waals surface area contributed by atoms with Crippen LogP contribution in [0.1, 0.15) is 24.5 Å². The SMILES string of the molecule is Cc1ccc(OCC(O)CNC(C)CCS(C)=O)c(C)c1. The van der Waals surface area contributed by atoms with Crippen LogP contribution in [0.15, 0.2) is 18.2 Å². The molecule has 1 aromatic rings. The largest absolute Gasteiger partial charge is 0.491 e. The van der Waals surface area contributed by atoms with E-state index in [1.54, 1.807) is 6.26 Å². The minimum atomic E-state index is -0.761. The van der Waals surface area contributed by atoms with Crippen molar-refractivity contribution in [3.8, 4) is 5.75 Å². The standard InChI is InChI=1S/C16H27NO3S/c1-12-5-6-16(13(2)9-12)20-11-15(18)10-17-14(3)7-8-21(4)19/h5-6,9,14-15,17-18H,7-8,10-11H2,1-4H3. The predicted octanol–water partition coefficient (Wildman–Crippen LogP) is 1.79. The van der Waals surface area contributed by atoms with Crippen molar-refractivity contribution in [3.63, 3.8) is 0 Å². The molecule has 0 spiro atoms. The van der Waals surface area contributed by atoms with E-state index >= 15 is 0 Å². The minimum absolute atomic E-state index is 0.240. The molecule has 1 rings (SSSR count). The number of aliphatic hydroxyl groups is 1. The van der Waals surface area contributed by atoms with Gasteiger partial charge in [-0.15, -0.1) is 0 Å². The van der Waals surface area contributed by atoms with Gasteiger partial charge in [-0.25, -0.2) is 0 Å². The molecule has 21 heavy (non-hydrogen) atoms. The van der Waals surface area contributed by atoms with E-state index in [1.165, 1.54) is 5.56 Å². The molecule has 0 saturated heterocycles. The molecule has 2 N–H and O–H groups in total. The zero-order chi connectivity index (χ0) is 15.8. The van der Waals surface area contributed by atoms with Gasteiger partial charge in [0.05, 0.1) is 0 Å². The van der Waals surface area contributed by atoms with Gasteiger partial charge in [0.1, 0.15) is 18.5 Å². The van der Waals surface area contributed by atoms with E-state index in [1.807, 2.05) is 32.9 Å². The Hall–Kier alpha value is -0.910. The first kappa shape index (κ1) is 18.1. The molecule has 0 amide bonds. The van der Waals surface area contributed by atoms with Gasteiger partial charge in [-0.05, 0) is 38.8 Å². The van der Waals surface area contributed by atoms with Crippen LogP contribution < -0.4 is 10.1 Å². The molecule has 0 aliphatic rings. The van der Waals surface area contributed by atoms with Crippen molar-refractivity contribution in [2.24, 2.45) is 0 Å². The summed E-state index contributed by atoms with van der Waals surface area (Å²) < 4.78 is 16.7. The van der Waals surface area contributed by atoms with Gasteiger partial charge in [-0.3, -0.25) is 4.21 Å². The molecule has 1 aromatic carbocycles. The summed E-state index contributed by atoms with van der Waals surface area (Å²) in [6, 6.07) is 6.24. The highest BCUT2D eigenvalue weighted by molar-refractivity contribution is 7.84. The molecule has 5 heteroatoms. The zero-order valence-electron chi connectivity index (χ0n) is 13.4. The Morgan fingerprint density at radius 2 is 2.10 bits per heavy atom. The average Bonchev–Trinajstić information content (AvgIpc) is 2.41. The Morgan fingerprint density at radius 1 is 1.38 bits per heavy atom. The summed E-state index contributed by atoms with van der Waals surface area (Å²) in [5, 5.41) is 13.2. The number of aryl methyl sites for hydroxylation is 2. The average molecular weight is 313 g/mol. The van der Waals surface area contributed by atoms with Crippen molar-refractivity contribution in [2.45, 2.75) is 39.3 Å². The molecule has 3 atom stereocenters. The predicted molar refractivity (Wildman–Crippen MR) is 88.4 cm³/mol. The molecule has 120 valence electrons.